The molecule has 2 aromatic rings. The van der Waals surface area contributed by atoms with Crippen molar-refractivity contribution < 1.29 is 28.5 Å². The second kappa shape index (κ2) is 7.76. The van der Waals surface area contributed by atoms with E-state index in [1.54, 1.807) is 24.3 Å². The largest absolute Gasteiger partial charge is 0.477 e. The first-order chi connectivity index (χ1) is 11.8. The molecule has 0 amide bonds. The number of carbonyl (C=O) groups is 1. The van der Waals surface area contributed by atoms with Gasteiger partial charge in [-0.05, 0) is 30.2 Å². The van der Waals surface area contributed by atoms with Gasteiger partial charge < -0.3 is 15.3 Å². The number of hydrogen-bond acceptors (Lipinski definition) is 6. The fraction of sp³-hybridized carbons (Fsp3) is 0.267. The van der Waals surface area contributed by atoms with Crippen molar-refractivity contribution in [1.82, 2.24) is 9.29 Å². The van der Waals surface area contributed by atoms with Gasteiger partial charge in [-0.25, -0.2) is 13.9 Å². The lowest BCUT2D eigenvalue weighted by Gasteiger charge is -2.13. The summed E-state index contributed by atoms with van der Waals surface area (Å²) in [5.41, 5.74) is 0.739. The number of rotatable bonds is 8. The number of aliphatic hydroxyl groups is 2. The third-order valence-corrected chi connectivity index (χ3v) is 4.39. The van der Waals surface area contributed by atoms with Gasteiger partial charge in [0.25, 0.3) is 0 Å². The molecule has 0 aliphatic heterocycles. The highest BCUT2D eigenvalue weighted by atomic mass is 32.2. The lowest BCUT2D eigenvalue weighted by molar-refractivity contribution is 0.0690. The van der Waals surface area contributed by atoms with Crippen molar-refractivity contribution in [2.75, 3.05) is 13.2 Å². The lowest BCUT2D eigenvalue weighted by atomic mass is 10.0. The summed E-state index contributed by atoms with van der Waals surface area (Å²) in [6, 6.07) is 7.67. The number of carboxylic acid groups (broad SMARTS) is 1. The molecule has 136 valence electrons. The Morgan fingerprint density at radius 2 is 1.88 bits per heavy atom. The maximum Gasteiger partial charge on any atom is 0.354 e. The fourth-order valence-corrected chi connectivity index (χ4v) is 3.01. The first-order valence-electron chi connectivity index (χ1n) is 7.36. The summed E-state index contributed by atoms with van der Waals surface area (Å²) in [5, 5.41) is 35.8. The third-order valence-electron chi connectivity index (χ3n) is 3.54. The molecule has 1 aromatic carbocycles. The lowest BCUT2D eigenvalue weighted by Crippen LogP contribution is -2.24. The molecular formula is C15H19N3O6S. The van der Waals surface area contributed by atoms with E-state index in [4.69, 9.17) is 10.2 Å². The Balaban J connectivity index is 2.31. The van der Waals surface area contributed by atoms with Crippen molar-refractivity contribution in [2.45, 2.75) is 12.6 Å². The summed E-state index contributed by atoms with van der Waals surface area (Å²) in [5.74, 6) is -1.43. The van der Waals surface area contributed by atoms with Gasteiger partial charge in [-0.3, -0.25) is 5.32 Å². The molecular weight excluding hydrogens is 350 g/mol. The quantitative estimate of drug-likeness (QED) is 0.320. The predicted octanol–water partition coefficient (Wildman–Crippen LogP) is -0.132. The minimum Gasteiger partial charge on any atom is -0.477 e. The Labute approximate surface area is 144 Å². The number of nitrogens with zero attached hydrogens (tertiary/aromatic N) is 1. The molecule has 2 rings (SSSR count). The maximum absolute atomic E-state index is 11.5. The SMILES string of the molecule is NS(=O)(=O)n1ccc(-c2ccc(C(O)NCCCO)cc2)c1C(=O)O. The van der Waals surface area contributed by atoms with Crippen LogP contribution in [0.25, 0.3) is 11.1 Å². The molecule has 0 bridgehead atoms. The number of nitrogens with one attached hydrogen (secondary N) is 1. The van der Waals surface area contributed by atoms with E-state index >= 15 is 0 Å². The Morgan fingerprint density at radius 1 is 1.24 bits per heavy atom. The van der Waals surface area contributed by atoms with Gasteiger partial charge in [0, 0.05) is 18.4 Å². The molecule has 0 fully saturated rings. The number of aromatic nitrogens is 1. The van der Waals surface area contributed by atoms with Crippen LogP contribution in [0, 0.1) is 0 Å². The van der Waals surface area contributed by atoms with Crippen LogP contribution in [-0.4, -0.2) is 46.8 Å². The van der Waals surface area contributed by atoms with Gasteiger partial charge in [0.05, 0.1) is 0 Å². The molecule has 1 atom stereocenters. The zero-order valence-electron chi connectivity index (χ0n) is 13.2. The highest BCUT2D eigenvalue weighted by molar-refractivity contribution is 7.87. The number of aromatic carboxylic acids is 1. The van der Waals surface area contributed by atoms with Crippen LogP contribution in [0.4, 0.5) is 0 Å². The van der Waals surface area contributed by atoms with Crippen molar-refractivity contribution >= 4 is 16.2 Å². The molecule has 1 aromatic heterocycles. The molecule has 1 heterocycles. The molecule has 0 spiro atoms. The topological polar surface area (TPSA) is 155 Å². The van der Waals surface area contributed by atoms with E-state index in [0.717, 1.165) is 6.20 Å². The molecule has 6 N–H and O–H groups in total. The van der Waals surface area contributed by atoms with E-state index in [2.05, 4.69) is 5.32 Å². The third kappa shape index (κ3) is 4.44. The van der Waals surface area contributed by atoms with Crippen LogP contribution in [-0.2, 0) is 10.2 Å². The van der Waals surface area contributed by atoms with E-state index in [1.165, 1.54) is 6.07 Å². The number of hydrogen-bond donors (Lipinski definition) is 5. The van der Waals surface area contributed by atoms with E-state index in [1.807, 2.05) is 0 Å². The smallest absolute Gasteiger partial charge is 0.354 e. The van der Waals surface area contributed by atoms with Gasteiger partial charge in [0.15, 0.2) is 5.69 Å². The van der Waals surface area contributed by atoms with Gasteiger partial charge in [0.2, 0.25) is 0 Å². The van der Waals surface area contributed by atoms with Gasteiger partial charge >= 0.3 is 16.2 Å². The van der Waals surface area contributed by atoms with Crippen LogP contribution in [0.1, 0.15) is 28.7 Å². The first kappa shape index (κ1) is 19.1. The monoisotopic (exact) mass is 369 g/mol. The van der Waals surface area contributed by atoms with E-state index in [9.17, 15) is 23.4 Å². The van der Waals surface area contributed by atoms with Gasteiger partial charge in [-0.15, -0.1) is 0 Å². The summed E-state index contributed by atoms with van der Waals surface area (Å²) in [4.78, 5) is 11.4. The average molecular weight is 369 g/mol. The van der Waals surface area contributed by atoms with Crippen molar-refractivity contribution in [3.05, 3.63) is 47.8 Å². The number of nitrogens with two attached hydrogens (primary N) is 1. The second-order valence-corrected chi connectivity index (χ2v) is 6.70. The maximum atomic E-state index is 11.5. The van der Waals surface area contributed by atoms with Crippen LogP contribution in [0.15, 0.2) is 36.5 Å². The second-order valence-electron chi connectivity index (χ2n) is 5.28. The van der Waals surface area contributed by atoms with Crippen molar-refractivity contribution in [3.8, 4) is 11.1 Å². The average Bonchev–Trinajstić information content (AvgIpc) is 3.00. The van der Waals surface area contributed by atoms with Crippen LogP contribution >= 0.6 is 0 Å². The standard InChI is InChI=1S/C15H19N3O6S/c16-25(23,24)18-8-6-12(13(18)15(21)22)10-2-4-11(5-3-10)14(20)17-7-1-9-19/h2-6,8,14,17,19-20H,1,7,9H2,(H,21,22)(H2,16,23,24). The molecule has 0 aliphatic carbocycles. The highest BCUT2D eigenvalue weighted by Gasteiger charge is 2.22. The van der Waals surface area contributed by atoms with Gasteiger partial charge in [0.1, 0.15) is 6.23 Å². The fourth-order valence-electron chi connectivity index (χ4n) is 2.35. The van der Waals surface area contributed by atoms with Crippen LogP contribution in [0.5, 0.6) is 0 Å². The summed E-state index contributed by atoms with van der Waals surface area (Å²) in [7, 11) is -4.23. The normalized spacial score (nSPS) is 12.9. The van der Waals surface area contributed by atoms with Crippen molar-refractivity contribution in [2.24, 2.45) is 5.14 Å². The molecule has 9 nitrogen and oxygen atoms in total. The van der Waals surface area contributed by atoms with Gasteiger partial charge in [-0.1, -0.05) is 24.3 Å². The summed E-state index contributed by atoms with van der Waals surface area (Å²) in [6.45, 7) is 0.442. The summed E-state index contributed by atoms with van der Waals surface area (Å²) in [6.07, 6.45) is 0.638. The van der Waals surface area contributed by atoms with E-state index in [-0.39, 0.29) is 12.2 Å². The minimum atomic E-state index is -4.23. The van der Waals surface area contributed by atoms with Crippen molar-refractivity contribution in [3.63, 3.8) is 0 Å². The zero-order chi connectivity index (χ0) is 18.6. The Hall–Kier alpha value is -2.24. The first-order valence-corrected chi connectivity index (χ1v) is 8.86. The Kier molecular flexibility index (Phi) is 5.93. The molecule has 0 saturated carbocycles. The van der Waals surface area contributed by atoms with Crippen molar-refractivity contribution in [1.29, 1.82) is 0 Å². The Morgan fingerprint density at radius 3 is 2.40 bits per heavy atom. The molecule has 25 heavy (non-hydrogen) atoms. The molecule has 10 heteroatoms. The minimum absolute atomic E-state index is 0.0116. The molecule has 0 aliphatic rings. The van der Waals surface area contributed by atoms with Crippen LogP contribution < -0.4 is 10.5 Å². The number of aliphatic hydroxyl groups excluding tert-OH is 2. The van der Waals surface area contributed by atoms with Gasteiger partial charge in [-0.2, -0.15) is 8.42 Å². The molecule has 0 saturated heterocycles. The summed E-state index contributed by atoms with van der Waals surface area (Å²) < 4.78 is 23.5. The molecule has 0 radical (unpaired) electrons. The highest BCUT2D eigenvalue weighted by Crippen LogP contribution is 2.27. The molecule has 1 unspecified atom stereocenters. The van der Waals surface area contributed by atoms with Crippen LogP contribution in [0.3, 0.4) is 0 Å². The predicted molar refractivity (Wildman–Crippen MR) is 90.0 cm³/mol. The summed E-state index contributed by atoms with van der Waals surface area (Å²) >= 11 is 0. The van der Waals surface area contributed by atoms with E-state index in [0.29, 0.717) is 28.1 Å². The van der Waals surface area contributed by atoms with E-state index < -0.39 is 28.1 Å². The number of carboxylic acids is 1. The zero-order valence-corrected chi connectivity index (χ0v) is 14.0. The number of benzene rings is 1. The van der Waals surface area contributed by atoms with Crippen LogP contribution in [0.2, 0.25) is 0 Å². The Bertz CT molecular complexity index is 845.